The lowest BCUT2D eigenvalue weighted by atomic mass is 10.1. The molecule has 0 unspecified atom stereocenters. The van der Waals surface area contributed by atoms with Crippen LogP contribution in [0.5, 0.6) is 5.75 Å². The highest BCUT2D eigenvalue weighted by Crippen LogP contribution is 2.29. The molecule has 8 heteroatoms. The van der Waals surface area contributed by atoms with Gasteiger partial charge in [-0.1, -0.05) is 48.0 Å². The van der Waals surface area contributed by atoms with Gasteiger partial charge in [0.15, 0.2) is 0 Å². The summed E-state index contributed by atoms with van der Waals surface area (Å²) in [6.45, 7) is 3.13. The fourth-order valence-corrected chi connectivity index (χ4v) is 5.64. The minimum Gasteiger partial charge on any atom is -0.493 e. The lowest BCUT2D eigenvalue weighted by Crippen LogP contribution is -2.35. The van der Waals surface area contributed by atoms with Gasteiger partial charge < -0.3 is 9.64 Å². The third kappa shape index (κ3) is 6.63. The van der Waals surface area contributed by atoms with Crippen molar-refractivity contribution < 1.29 is 17.9 Å². The van der Waals surface area contributed by atoms with Crippen LogP contribution in [0.3, 0.4) is 0 Å². The predicted octanol–water partition coefficient (Wildman–Crippen LogP) is 5.17. The molecule has 0 radical (unpaired) electrons. The Morgan fingerprint density at radius 1 is 0.886 bits per heavy atom. The van der Waals surface area contributed by atoms with Crippen LogP contribution in [0.15, 0.2) is 83.8 Å². The number of carbonyl (C=O) groups is 1. The summed E-state index contributed by atoms with van der Waals surface area (Å²) in [5.41, 5.74) is 1.34. The molecular formula is C27H29ClN2O4S. The zero-order valence-corrected chi connectivity index (χ0v) is 21.0. The molecular weight excluding hydrogens is 484 g/mol. The quantitative estimate of drug-likeness (QED) is 0.351. The highest BCUT2D eigenvalue weighted by molar-refractivity contribution is 7.92. The van der Waals surface area contributed by atoms with Gasteiger partial charge in [0.2, 0.25) is 0 Å². The van der Waals surface area contributed by atoms with Crippen molar-refractivity contribution in [2.45, 2.75) is 30.7 Å². The monoisotopic (exact) mass is 512 g/mol. The number of piperidine rings is 1. The summed E-state index contributed by atoms with van der Waals surface area (Å²) in [6.07, 6.45) is 2.08. The first-order valence-electron chi connectivity index (χ1n) is 11.7. The number of para-hydroxylation sites is 2. The van der Waals surface area contributed by atoms with Crippen LogP contribution in [0.1, 0.15) is 24.8 Å². The number of likely N-dealkylation sites (tertiary alicyclic amines) is 1. The molecule has 0 aliphatic carbocycles. The van der Waals surface area contributed by atoms with Gasteiger partial charge in [0.1, 0.15) is 11.5 Å². The number of ketones is 1. The fraction of sp³-hybridized carbons (Fsp3) is 0.296. The van der Waals surface area contributed by atoms with Crippen LogP contribution in [0.2, 0.25) is 5.02 Å². The zero-order chi connectivity index (χ0) is 24.7. The van der Waals surface area contributed by atoms with Gasteiger partial charge in [0.25, 0.3) is 10.0 Å². The van der Waals surface area contributed by atoms with E-state index in [1.165, 1.54) is 16.4 Å². The van der Waals surface area contributed by atoms with E-state index in [1.54, 1.807) is 24.3 Å². The first-order chi connectivity index (χ1) is 16.9. The van der Waals surface area contributed by atoms with E-state index in [0.717, 1.165) is 31.6 Å². The van der Waals surface area contributed by atoms with Gasteiger partial charge in [-0.15, -0.1) is 0 Å². The average Bonchev–Trinajstić information content (AvgIpc) is 2.87. The van der Waals surface area contributed by atoms with Crippen LogP contribution >= 0.6 is 11.6 Å². The van der Waals surface area contributed by atoms with Gasteiger partial charge in [0, 0.05) is 43.1 Å². The molecule has 3 aromatic rings. The van der Waals surface area contributed by atoms with E-state index in [4.69, 9.17) is 16.3 Å². The molecule has 1 fully saturated rings. The van der Waals surface area contributed by atoms with Crippen molar-refractivity contribution in [3.63, 3.8) is 0 Å². The molecule has 0 saturated carbocycles. The largest absolute Gasteiger partial charge is 0.493 e. The van der Waals surface area contributed by atoms with Gasteiger partial charge in [-0.3, -0.25) is 9.10 Å². The number of anilines is 1. The minimum atomic E-state index is -3.85. The second kappa shape index (κ2) is 11.7. The Hall–Kier alpha value is -2.87. The summed E-state index contributed by atoms with van der Waals surface area (Å²) in [5.74, 6) is 0.997. The minimum absolute atomic E-state index is 0.124. The van der Waals surface area contributed by atoms with E-state index in [-0.39, 0.29) is 11.4 Å². The second-order valence-electron chi connectivity index (χ2n) is 8.49. The van der Waals surface area contributed by atoms with E-state index in [1.807, 2.05) is 42.5 Å². The number of halogens is 1. The fourth-order valence-electron chi connectivity index (χ4n) is 4.07. The molecule has 4 rings (SSSR count). The molecule has 0 atom stereocenters. The van der Waals surface area contributed by atoms with Crippen molar-refractivity contribution in [3.05, 3.63) is 89.4 Å². The normalized spacial score (nSPS) is 14.6. The van der Waals surface area contributed by atoms with Crippen LogP contribution < -0.4 is 9.04 Å². The maximum atomic E-state index is 13.6. The summed E-state index contributed by atoms with van der Waals surface area (Å²) in [6, 6.07) is 22.7. The summed E-state index contributed by atoms with van der Waals surface area (Å²) >= 11 is 5.98. The average molecular weight is 513 g/mol. The molecule has 1 saturated heterocycles. The lowest BCUT2D eigenvalue weighted by molar-refractivity contribution is -0.121. The second-order valence-corrected chi connectivity index (χ2v) is 10.8. The smallest absolute Gasteiger partial charge is 0.264 e. The molecule has 1 heterocycles. The van der Waals surface area contributed by atoms with Crippen molar-refractivity contribution in [1.29, 1.82) is 0 Å². The molecule has 0 aromatic heterocycles. The summed E-state index contributed by atoms with van der Waals surface area (Å²) in [5, 5.41) is 0.477. The number of rotatable bonds is 10. The third-order valence-electron chi connectivity index (χ3n) is 6.02. The van der Waals surface area contributed by atoms with Gasteiger partial charge >= 0.3 is 0 Å². The molecule has 35 heavy (non-hydrogen) atoms. The van der Waals surface area contributed by atoms with Crippen molar-refractivity contribution in [3.8, 4) is 5.75 Å². The standard InChI is InChI=1S/C27H29ClN2O4S/c28-23-11-13-26(14-12-23)35(32,33)30(24-8-2-1-3-9-24)21-22-7-4-5-10-27(22)34-20-6-17-29-18-15-25(31)16-19-29/h1-5,7-14H,6,15-21H2. The maximum absolute atomic E-state index is 13.6. The molecule has 1 aliphatic rings. The summed E-state index contributed by atoms with van der Waals surface area (Å²) in [7, 11) is -3.85. The molecule has 0 spiro atoms. The zero-order valence-electron chi connectivity index (χ0n) is 19.5. The van der Waals surface area contributed by atoms with E-state index in [9.17, 15) is 13.2 Å². The number of sulfonamides is 1. The Morgan fingerprint density at radius 2 is 1.54 bits per heavy atom. The van der Waals surface area contributed by atoms with Gasteiger partial charge in [0.05, 0.1) is 23.7 Å². The van der Waals surface area contributed by atoms with Gasteiger partial charge in [-0.2, -0.15) is 0 Å². The van der Waals surface area contributed by atoms with E-state index in [0.29, 0.717) is 41.7 Å². The Labute approximate surface area is 212 Å². The molecule has 1 aliphatic heterocycles. The van der Waals surface area contributed by atoms with Gasteiger partial charge in [-0.25, -0.2) is 8.42 Å². The maximum Gasteiger partial charge on any atom is 0.264 e. The first kappa shape index (κ1) is 25.2. The molecule has 184 valence electrons. The number of hydrogen-bond donors (Lipinski definition) is 0. The van der Waals surface area contributed by atoms with Crippen LogP contribution in [0, 0.1) is 0 Å². The lowest BCUT2D eigenvalue weighted by Gasteiger charge is -2.26. The Balaban J connectivity index is 1.50. The number of Topliss-reactive ketones (excluding diaryl/α,β-unsaturated/α-hetero) is 1. The molecule has 6 nitrogen and oxygen atoms in total. The predicted molar refractivity (Wildman–Crippen MR) is 138 cm³/mol. The summed E-state index contributed by atoms with van der Waals surface area (Å²) in [4.78, 5) is 13.9. The van der Waals surface area contributed by atoms with Crippen molar-refractivity contribution in [2.24, 2.45) is 0 Å². The summed E-state index contributed by atoms with van der Waals surface area (Å²) < 4.78 is 34.7. The topological polar surface area (TPSA) is 66.9 Å². The highest BCUT2D eigenvalue weighted by atomic mass is 35.5. The Bertz CT molecular complexity index is 1220. The third-order valence-corrected chi connectivity index (χ3v) is 8.06. The molecule has 0 N–H and O–H groups in total. The van der Waals surface area contributed by atoms with E-state index >= 15 is 0 Å². The van der Waals surface area contributed by atoms with E-state index in [2.05, 4.69) is 4.90 Å². The van der Waals surface area contributed by atoms with Crippen LogP contribution in [0.25, 0.3) is 0 Å². The van der Waals surface area contributed by atoms with Crippen LogP contribution in [0.4, 0.5) is 5.69 Å². The molecule has 3 aromatic carbocycles. The number of ether oxygens (including phenoxy) is 1. The van der Waals surface area contributed by atoms with Crippen LogP contribution in [-0.2, 0) is 21.4 Å². The van der Waals surface area contributed by atoms with Crippen LogP contribution in [-0.4, -0.2) is 45.3 Å². The van der Waals surface area contributed by atoms with Crippen molar-refractivity contribution in [2.75, 3.05) is 30.5 Å². The molecule has 0 bridgehead atoms. The van der Waals surface area contributed by atoms with Crippen molar-refractivity contribution >= 4 is 33.1 Å². The Kier molecular flexibility index (Phi) is 8.44. The number of nitrogens with zero attached hydrogens (tertiary/aromatic N) is 2. The Morgan fingerprint density at radius 3 is 2.26 bits per heavy atom. The first-order valence-corrected chi connectivity index (χ1v) is 13.5. The highest BCUT2D eigenvalue weighted by Gasteiger charge is 2.26. The van der Waals surface area contributed by atoms with E-state index < -0.39 is 10.0 Å². The molecule has 0 amide bonds. The number of benzene rings is 3. The SMILES string of the molecule is O=C1CCN(CCCOc2ccccc2CN(c2ccccc2)S(=O)(=O)c2ccc(Cl)cc2)CC1. The van der Waals surface area contributed by atoms with Gasteiger partial charge in [-0.05, 0) is 48.9 Å². The van der Waals surface area contributed by atoms with Crippen molar-refractivity contribution in [1.82, 2.24) is 4.90 Å². The number of hydrogen-bond acceptors (Lipinski definition) is 5. The number of carbonyl (C=O) groups excluding carboxylic acids is 1.